The second-order valence-electron chi connectivity index (χ2n) is 11.2. The van der Waals surface area contributed by atoms with Crippen molar-refractivity contribution in [2.24, 2.45) is 0 Å². The number of carbonyl (C=O) groups is 1. The highest BCUT2D eigenvalue weighted by atomic mass is 31.2. The van der Waals surface area contributed by atoms with Crippen molar-refractivity contribution in [3.05, 3.63) is 35.9 Å². The van der Waals surface area contributed by atoms with Crippen molar-refractivity contribution in [1.29, 1.82) is 0 Å². The minimum absolute atomic E-state index is 0.0362. The van der Waals surface area contributed by atoms with E-state index in [2.05, 4.69) is 6.92 Å². The van der Waals surface area contributed by atoms with Gasteiger partial charge in [0.15, 0.2) is 0 Å². The second-order valence-corrected chi connectivity index (χ2v) is 13.1. The molecule has 7 heteroatoms. The van der Waals surface area contributed by atoms with E-state index in [1.165, 1.54) is 64.2 Å². The van der Waals surface area contributed by atoms with Crippen LogP contribution in [0.3, 0.4) is 0 Å². The maximum atomic E-state index is 12.7. The molecule has 0 saturated carbocycles. The summed E-state index contributed by atoms with van der Waals surface area (Å²) in [5, 5.41) is 0. The van der Waals surface area contributed by atoms with E-state index in [4.69, 9.17) is 9.26 Å². The fourth-order valence-electron chi connectivity index (χ4n) is 4.34. The molecule has 0 heterocycles. The molecule has 1 unspecified atom stereocenters. The summed E-state index contributed by atoms with van der Waals surface area (Å²) >= 11 is 0. The Bertz CT molecular complexity index is 735. The van der Waals surface area contributed by atoms with E-state index >= 15 is 0 Å². The minimum Gasteiger partial charge on any atom is -0.461 e. The number of rotatable bonds is 22. The molecule has 0 fully saturated rings. The lowest BCUT2D eigenvalue weighted by Crippen LogP contribution is -2.43. The van der Waals surface area contributed by atoms with E-state index < -0.39 is 19.7 Å². The molecule has 2 atom stereocenters. The molecule has 208 valence electrons. The summed E-state index contributed by atoms with van der Waals surface area (Å²) in [5.41, 5.74) is 0.908. The van der Waals surface area contributed by atoms with Crippen molar-refractivity contribution in [2.75, 3.05) is 33.8 Å². The van der Waals surface area contributed by atoms with Crippen LogP contribution in [0.2, 0.25) is 0 Å². The summed E-state index contributed by atoms with van der Waals surface area (Å²) in [5.74, 6) is -0.418. The first kappa shape index (κ1) is 32.8. The molecule has 0 aliphatic heterocycles. The topological polar surface area (TPSA) is 72.8 Å². The number of likely N-dealkylation sites (N-methyl/N-ethyl adjacent to an activating group) is 1. The van der Waals surface area contributed by atoms with Crippen LogP contribution >= 0.6 is 7.60 Å². The van der Waals surface area contributed by atoms with Crippen LogP contribution in [-0.4, -0.2) is 55.3 Å². The maximum absolute atomic E-state index is 12.7. The quantitative estimate of drug-likeness (QED) is 0.0733. The molecule has 0 radical (unpaired) electrons. The molecule has 0 aromatic heterocycles. The van der Waals surface area contributed by atoms with Gasteiger partial charge < -0.3 is 14.1 Å². The summed E-state index contributed by atoms with van der Waals surface area (Å²) in [7, 11) is 2.15. The molecule has 1 aromatic rings. The van der Waals surface area contributed by atoms with E-state index in [1.807, 2.05) is 51.5 Å². The summed E-state index contributed by atoms with van der Waals surface area (Å²) in [6, 6.07) is 9.48. The lowest BCUT2D eigenvalue weighted by molar-refractivity contribution is -0.873. The normalized spacial score (nSPS) is 14.4. The zero-order valence-electron chi connectivity index (χ0n) is 23.5. The summed E-state index contributed by atoms with van der Waals surface area (Å²) in [4.78, 5) is 22.9. The van der Waals surface area contributed by atoms with Crippen LogP contribution in [0, 0.1) is 0 Å². The van der Waals surface area contributed by atoms with Gasteiger partial charge in [0.1, 0.15) is 19.3 Å². The number of quaternary nitrogens is 1. The van der Waals surface area contributed by atoms with Crippen LogP contribution in [0.4, 0.5) is 0 Å². The third-order valence-corrected chi connectivity index (χ3v) is 7.76. The number of hydrogen-bond acceptors (Lipinski definition) is 4. The number of nitrogens with zero attached hydrogens (tertiary/aromatic N) is 1. The third kappa shape index (κ3) is 19.0. The van der Waals surface area contributed by atoms with E-state index in [0.717, 1.165) is 18.4 Å². The van der Waals surface area contributed by atoms with Crippen molar-refractivity contribution in [3.8, 4) is 0 Å². The fraction of sp³-hybridized carbons (Fsp3) is 0.759. The molecule has 0 aliphatic carbocycles. The summed E-state index contributed by atoms with van der Waals surface area (Å²) < 4.78 is 24.3. The number of hydrogen-bond donors (Lipinski definition) is 1. The van der Waals surface area contributed by atoms with Crippen molar-refractivity contribution in [1.82, 2.24) is 0 Å². The van der Waals surface area contributed by atoms with Gasteiger partial charge in [-0.15, -0.1) is 0 Å². The first-order valence-corrected chi connectivity index (χ1v) is 15.9. The molecular weight excluding hydrogens is 473 g/mol. The fourth-order valence-corrected chi connectivity index (χ4v) is 5.68. The molecule has 36 heavy (non-hydrogen) atoms. The zero-order chi connectivity index (χ0) is 26.7. The van der Waals surface area contributed by atoms with Crippen molar-refractivity contribution >= 4 is 13.6 Å². The SMILES string of the molecule is CCCCCCCCCCCCCCCP(=O)(O)O[C@H](CC(=O)OCc1ccccc1)C[N+](C)(C)C. The molecule has 1 N–H and O–H groups in total. The van der Waals surface area contributed by atoms with Gasteiger partial charge in [-0.05, 0) is 12.0 Å². The zero-order valence-corrected chi connectivity index (χ0v) is 24.4. The highest BCUT2D eigenvalue weighted by Gasteiger charge is 2.30. The second kappa shape index (κ2) is 19.0. The summed E-state index contributed by atoms with van der Waals surface area (Å²) in [6.07, 6.45) is 15.3. The largest absolute Gasteiger partial charge is 0.461 e. The number of carbonyl (C=O) groups excluding carboxylic acids is 1. The Morgan fingerprint density at radius 3 is 1.86 bits per heavy atom. The average Bonchev–Trinajstić information content (AvgIpc) is 2.80. The molecule has 6 nitrogen and oxygen atoms in total. The molecule has 0 spiro atoms. The molecule has 0 amide bonds. The Morgan fingerprint density at radius 1 is 0.861 bits per heavy atom. The van der Waals surface area contributed by atoms with Crippen molar-refractivity contribution < 1.29 is 28.0 Å². The van der Waals surface area contributed by atoms with Gasteiger partial charge in [0, 0.05) is 6.16 Å². The Labute approximate surface area is 220 Å². The van der Waals surface area contributed by atoms with Crippen LogP contribution in [0.1, 0.15) is 102 Å². The van der Waals surface area contributed by atoms with E-state index in [1.54, 1.807) is 0 Å². The number of benzene rings is 1. The molecule has 1 rings (SSSR count). The van der Waals surface area contributed by atoms with Crippen LogP contribution in [0.25, 0.3) is 0 Å². The highest BCUT2D eigenvalue weighted by Crippen LogP contribution is 2.45. The van der Waals surface area contributed by atoms with Gasteiger partial charge in [-0.25, -0.2) is 0 Å². The number of unbranched alkanes of at least 4 members (excludes halogenated alkanes) is 12. The Morgan fingerprint density at radius 2 is 1.36 bits per heavy atom. The van der Waals surface area contributed by atoms with Gasteiger partial charge in [-0.3, -0.25) is 13.9 Å². The van der Waals surface area contributed by atoms with Crippen LogP contribution in [0.15, 0.2) is 30.3 Å². The van der Waals surface area contributed by atoms with Gasteiger partial charge in [0.2, 0.25) is 0 Å². The van der Waals surface area contributed by atoms with Gasteiger partial charge >= 0.3 is 13.6 Å². The number of esters is 1. The maximum Gasteiger partial charge on any atom is 0.328 e. The van der Waals surface area contributed by atoms with Gasteiger partial charge in [0.25, 0.3) is 0 Å². The van der Waals surface area contributed by atoms with Crippen LogP contribution < -0.4 is 0 Å². The van der Waals surface area contributed by atoms with Gasteiger partial charge in [0.05, 0.1) is 27.6 Å². The predicted octanol–water partition coefficient (Wildman–Crippen LogP) is 7.49. The molecule has 0 saturated heterocycles. The first-order chi connectivity index (χ1) is 17.1. The van der Waals surface area contributed by atoms with E-state index in [9.17, 15) is 14.3 Å². The lowest BCUT2D eigenvalue weighted by atomic mass is 10.1. The molecule has 0 bridgehead atoms. The average molecular weight is 527 g/mol. The van der Waals surface area contributed by atoms with Gasteiger partial charge in [-0.2, -0.15) is 0 Å². The first-order valence-electron chi connectivity index (χ1n) is 14.1. The predicted molar refractivity (Wildman–Crippen MR) is 149 cm³/mol. The van der Waals surface area contributed by atoms with Crippen LogP contribution in [-0.2, 0) is 25.2 Å². The standard InChI is InChI=1S/C29H52NO5P/c1-5-6-7-8-9-10-11-12-13-14-15-16-20-23-36(32,33)35-28(25-30(2,3)4)24-29(31)34-26-27-21-18-17-19-22-27/h17-19,21-22,28H,5-16,20,23-26H2,1-4H3/p+1/t28-/m1/s1. The smallest absolute Gasteiger partial charge is 0.328 e. The Balaban J connectivity index is 2.27. The number of ether oxygens (including phenoxy) is 1. The monoisotopic (exact) mass is 526 g/mol. The van der Waals surface area contributed by atoms with E-state index in [0.29, 0.717) is 17.4 Å². The minimum atomic E-state index is -3.77. The molecule has 1 aromatic carbocycles. The lowest BCUT2D eigenvalue weighted by Gasteiger charge is -2.29. The highest BCUT2D eigenvalue weighted by molar-refractivity contribution is 7.52. The van der Waals surface area contributed by atoms with Crippen molar-refractivity contribution in [2.45, 2.75) is 110 Å². The third-order valence-electron chi connectivity index (χ3n) is 6.25. The van der Waals surface area contributed by atoms with E-state index in [-0.39, 0.29) is 19.2 Å². The van der Waals surface area contributed by atoms with Crippen molar-refractivity contribution in [3.63, 3.8) is 0 Å². The van der Waals surface area contributed by atoms with Crippen LogP contribution in [0.5, 0.6) is 0 Å². The molecule has 0 aliphatic rings. The molecular formula is C29H53NO5P+. The summed E-state index contributed by atoms with van der Waals surface area (Å²) in [6.45, 7) is 2.89. The Kier molecular flexibility index (Phi) is 17.3. The van der Waals surface area contributed by atoms with Gasteiger partial charge in [-0.1, -0.05) is 114 Å². The Hall–Kier alpha value is -1.20.